The number of urea groups is 1. The molecule has 8 heteroatoms. The first kappa shape index (κ1) is 18.2. The quantitative estimate of drug-likeness (QED) is 0.707. The van der Waals surface area contributed by atoms with Gasteiger partial charge in [0.2, 0.25) is 0 Å². The van der Waals surface area contributed by atoms with E-state index in [9.17, 15) is 4.79 Å². The van der Waals surface area contributed by atoms with E-state index in [-0.39, 0.29) is 12.1 Å². The van der Waals surface area contributed by atoms with Crippen LogP contribution in [0.3, 0.4) is 0 Å². The number of aromatic nitrogens is 3. The fraction of sp³-hybridized carbons (Fsp3) is 0.500. The van der Waals surface area contributed by atoms with Crippen molar-refractivity contribution in [3.8, 4) is 5.75 Å². The van der Waals surface area contributed by atoms with E-state index in [1.807, 2.05) is 24.3 Å². The number of carbonyl (C=O) groups excluding carboxylic acids is 1. The Bertz CT molecular complexity index is 654. The van der Waals surface area contributed by atoms with Crippen molar-refractivity contribution in [1.29, 1.82) is 0 Å². The van der Waals surface area contributed by atoms with E-state index in [1.165, 1.54) is 12.7 Å². The number of nitrogens with one attached hydrogen (secondary N) is 2. The third-order valence-corrected chi connectivity index (χ3v) is 4.14. The molecule has 1 saturated heterocycles. The second-order valence-electron chi connectivity index (χ2n) is 6.22. The van der Waals surface area contributed by atoms with E-state index < -0.39 is 0 Å². The molecule has 26 heavy (non-hydrogen) atoms. The highest BCUT2D eigenvalue weighted by Crippen LogP contribution is 2.18. The number of ether oxygens (including phenoxy) is 2. The minimum absolute atomic E-state index is 0.185. The van der Waals surface area contributed by atoms with Gasteiger partial charge in [0.25, 0.3) is 0 Å². The van der Waals surface area contributed by atoms with Crippen molar-refractivity contribution in [2.45, 2.75) is 38.3 Å². The largest absolute Gasteiger partial charge is 0.491 e. The van der Waals surface area contributed by atoms with E-state index in [0.717, 1.165) is 43.9 Å². The summed E-state index contributed by atoms with van der Waals surface area (Å²) in [5.41, 5.74) is 0.722. The van der Waals surface area contributed by atoms with Crippen molar-refractivity contribution in [2.24, 2.45) is 0 Å². The molecule has 0 radical (unpaired) electrons. The Morgan fingerprint density at radius 2 is 2.19 bits per heavy atom. The molecule has 2 aromatic rings. The standard InChI is InChI=1S/C18H25N5O3/c24-18(20-9-3-10-23-14-19-13-21-23)22-15-5-7-16(8-6-15)26-12-17-4-1-2-11-25-17/h5-8,13-14,17H,1-4,9-12H2,(H2,20,22,24)/t17-/m1/s1. The Hall–Kier alpha value is -2.61. The lowest BCUT2D eigenvalue weighted by molar-refractivity contribution is -0.0110. The van der Waals surface area contributed by atoms with E-state index >= 15 is 0 Å². The summed E-state index contributed by atoms with van der Waals surface area (Å²) >= 11 is 0. The Kier molecular flexibility index (Phi) is 6.83. The van der Waals surface area contributed by atoms with Crippen LogP contribution in [-0.2, 0) is 11.3 Å². The molecular weight excluding hydrogens is 334 g/mol. The van der Waals surface area contributed by atoms with Crippen LogP contribution in [0.4, 0.5) is 10.5 Å². The lowest BCUT2D eigenvalue weighted by Crippen LogP contribution is -2.30. The molecule has 3 rings (SSSR count). The van der Waals surface area contributed by atoms with Crippen LogP contribution in [0.25, 0.3) is 0 Å². The number of rotatable bonds is 8. The number of hydrogen-bond donors (Lipinski definition) is 2. The minimum atomic E-state index is -0.229. The maximum atomic E-state index is 11.9. The number of hydrogen-bond acceptors (Lipinski definition) is 5. The Balaban J connectivity index is 1.33. The summed E-state index contributed by atoms with van der Waals surface area (Å²) in [5.74, 6) is 0.776. The Labute approximate surface area is 152 Å². The van der Waals surface area contributed by atoms with E-state index in [4.69, 9.17) is 9.47 Å². The monoisotopic (exact) mass is 359 g/mol. The molecule has 2 N–H and O–H groups in total. The number of aryl methyl sites for hydroxylation is 1. The van der Waals surface area contributed by atoms with Crippen LogP contribution < -0.4 is 15.4 Å². The van der Waals surface area contributed by atoms with Crippen molar-refractivity contribution >= 4 is 11.7 Å². The molecule has 1 atom stereocenters. The van der Waals surface area contributed by atoms with E-state index in [2.05, 4.69) is 20.7 Å². The first-order valence-corrected chi connectivity index (χ1v) is 9.01. The van der Waals surface area contributed by atoms with Gasteiger partial charge in [-0.25, -0.2) is 9.78 Å². The Morgan fingerprint density at radius 3 is 2.92 bits per heavy atom. The molecular formula is C18H25N5O3. The van der Waals surface area contributed by atoms with Crippen molar-refractivity contribution in [3.05, 3.63) is 36.9 Å². The SMILES string of the molecule is O=C(NCCCn1cncn1)Nc1ccc(OC[C@H]2CCCCO2)cc1. The predicted octanol–water partition coefficient (Wildman–Crippen LogP) is 2.44. The second kappa shape index (κ2) is 9.76. The highest BCUT2D eigenvalue weighted by molar-refractivity contribution is 5.89. The average molecular weight is 359 g/mol. The van der Waals surface area contributed by atoms with Gasteiger partial charge in [-0.15, -0.1) is 0 Å². The van der Waals surface area contributed by atoms with Crippen LogP contribution in [-0.4, -0.2) is 46.7 Å². The molecule has 0 saturated carbocycles. The lowest BCUT2D eigenvalue weighted by Gasteiger charge is -2.22. The van der Waals surface area contributed by atoms with Gasteiger partial charge >= 0.3 is 6.03 Å². The molecule has 140 valence electrons. The molecule has 1 aliphatic rings. The van der Waals surface area contributed by atoms with Crippen LogP contribution in [0, 0.1) is 0 Å². The van der Waals surface area contributed by atoms with Crippen LogP contribution in [0.1, 0.15) is 25.7 Å². The van der Waals surface area contributed by atoms with Crippen molar-refractivity contribution in [3.63, 3.8) is 0 Å². The summed E-state index contributed by atoms with van der Waals surface area (Å²) < 4.78 is 13.1. The molecule has 2 heterocycles. The molecule has 0 aliphatic carbocycles. The van der Waals surface area contributed by atoms with Crippen LogP contribution in [0.5, 0.6) is 5.75 Å². The first-order chi connectivity index (χ1) is 12.8. The molecule has 0 bridgehead atoms. The highest BCUT2D eigenvalue weighted by Gasteiger charge is 2.14. The van der Waals surface area contributed by atoms with Gasteiger partial charge in [-0.1, -0.05) is 0 Å². The van der Waals surface area contributed by atoms with Gasteiger partial charge in [-0.2, -0.15) is 5.10 Å². The van der Waals surface area contributed by atoms with Crippen molar-refractivity contribution in [2.75, 3.05) is 25.1 Å². The number of benzene rings is 1. The van der Waals surface area contributed by atoms with Gasteiger partial charge in [-0.05, 0) is 49.9 Å². The molecule has 2 amide bonds. The summed E-state index contributed by atoms with van der Waals surface area (Å²) in [5, 5.41) is 9.63. The zero-order chi connectivity index (χ0) is 18.0. The second-order valence-corrected chi connectivity index (χ2v) is 6.22. The highest BCUT2D eigenvalue weighted by atomic mass is 16.5. The van der Waals surface area contributed by atoms with Gasteiger partial charge < -0.3 is 20.1 Å². The smallest absolute Gasteiger partial charge is 0.319 e. The molecule has 0 spiro atoms. The van der Waals surface area contributed by atoms with E-state index in [0.29, 0.717) is 13.2 Å². The van der Waals surface area contributed by atoms with Crippen molar-refractivity contribution in [1.82, 2.24) is 20.1 Å². The number of carbonyl (C=O) groups is 1. The normalized spacial score (nSPS) is 16.8. The fourth-order valence-corrected chi connectivity index (χ4v) is 2.73. The van der Waals surface area contributed by atoms with Crippen LogP contribution in [0.2, 0.25) is 0 Å². The number of nitrogens with zero attached hydrogens (tertiary/aromatic N) is 3. The van der Waals surface area contributed by atoms with Gasteiger partial charge in [0.05, 0.1) is 6.10 Å². The number of anilines is 1. The Morgan fingerprint density at radius 1 is 1.31 bits per heavy atom. The molecule has 8 nitrogen and oxygen atoms in total. The van der Waals surface area contributed by atoms with Gasteiger partial charge in [0.1, 0.15) is 25.0 Å². The van der Waals surface area contributed by atoms with Crippen molar-refractivity contribution < 1.29 is 14.3 Å². The molecule has 1 fully saturated rings. The average Bonchev–Trinajstić information content (AvgIpc) is 3.19. The van der Waals surface area contributed by atoms with E-state index in [1.54, 1.807) is 11.0 Å². The summed E-state index contributed by atoms with van der Waals surface area (Å²) in [4.78, 5) is 15.8. The summed E-state index contributed by atoms with van der Waals surface area (Å²) in [7, 11) is 0. The van der Waals surface area contributed by atoms with Crippen LogP contribution >= 0.6 is 0 Å². The third kappa shape index (κ3) is 6.03. The molecule has 1 aliphatic heterocycles. The zero-order valence-electron chi connectivity index (χ0n) is 14.8. The topological polar surface area (TPSA) is 90.3 Å². The van der Waals surface area contributed by atoms with Gasteiger partial charge in [0.15, 0.2) is 0 Å². The third-order valence-electron chi connectivity index (χ3n) is 4.14. The molecule has 1 aromatic carbocycles. The maximum absolute atomic E-state index is 11.9. The zero-order valence-corrected chi connectivity index (χ0v) is 14.8. The van der Waals surface area contributed by atoms with Gasteiger partial charge in [0, 0.05) is 25.4 Å². The summed E-state index contributed by atoms with van der Waals surface area (Å²) in [6, 6.07) is 7.12. The molecule has 0 unspecified atom stereocenters. The maximum Gasteiger partial charge on any atom is 0.319 e. The first-order valence-electron chi connectivity index (χ1n) is 9.01. The minimum Gasteiger partial charge on any atom is -0.491 e. The summed E-state index contributed by atoms with van der Waals surface area (Å²) in [6.45, 7) is 2.68. The predicted molar refractivity (Wildman–Crippen MR) is 97.2 cm³/mol. The van der Waals surface area contributed by atoms with Crippen LogP contribution in [0.15, 0.2) is 36.9 Å². The fourth-order valence-electron chi connectivity index (χ4n) is 2.73. The lowest BCUT2D eigenvalue weighted by atomic mass is 10.1. The molecule has 1 aromatic heterocycles. The van der Waals surface area contributed by atoms with Gasteiger partial charge in [-0.3, -0.25) is 4.68 Å². The number of amides is 2. The summed E-state index contributed by atoms with van der Waals surface area (Å²) in [6.07, 6.45) is 7.51.